The lowest BCUT2D eigenvalue weighted by Gasteiger charge is -2.41. The Kier molecular flexibility index (Phi) is 8.21. The molecule has 1 aromatic rings. The summed E-state index contributed by atoms with van der Waals surface area (Å²) in [7, 11) is -1.01. The molecule has 3 rings (SSSR count). The topological polar surface area (TPSA) is 150 Å². The van der Waals surface area contributed by atoms with Crippen LogP contribution in [0, 0.1) is 5.92 Å². The molecule has 0 spiro atoms. The van der Waals surface area contributed by atoms with Crippen LogP contribution in [-0.2, 0) is 27.2 Å². The minimum absolute atomic E-state index is 0.0688. The van der Waals surface area contributed by atoms with Gasteiger partial charge in [-0.25, -0.2) is 9.48 Å². The molecule has 2 saturated heterocycles. The van der Waals surface area contributed by atoms with Crippen LogP contribution in [0.5, 0.6) is 0 Å². The smallest absolute Gasteiger partial charge is 0.454 e. The summed E-state index contributed by atoms with van der Waals surface area (Å²) >= 11 is 0. The number of carbonyl (C=O) groups is 1. The number of likely N-dealkylation sites (tertiary alicyclic amines) is 1. The van der Waals surface area contributed by atoms with Gasteiger partial charge in [0.15, 0.2) is 0 Å². The summed E-state index contributed by atoms with van der Waals surface area (Å²) < 4.78 is 12.6. The summed E-state index contributed by atoms with van der Waals surface area (Å²) in [4.78, 5) is 13.5. The molecule has 0 aromatic carbocycles. The van der Waals surface area contributed by atoms with Crippen LogP contribution in [0.3, 0.4) is 0 Å². The normalized spacial score (nSPS) is 24.0. The Hall–Kier alpha value is -2.25. The highest BCUT2D eigenvalue weighted by molar-refractivity contribution is 6.43. The number of aliphatic hydroxyl groups is 2. The molecule has 11 nitrogen and oxygen atoms in total. The zero-order chi connectivity index (χ0) is 22.4. The number of hydrogen-bond donors (Lipinski definition) is 4. The third-order valence-electron chi connectivity index (χ3n) is 5.51. The van der Waals surface area contributed by atoms with Crippen LogP contribution < -0.4 is 0 Å². The van der Waals surface area contributed by atoms with Crippen molar-refractivity contribution < 1.29 is 34.5 Å². The summed E-state index contributed by atoms with van der Waals surface area (Å²) in [5, 5.41) is 46.5. The number of rotatable bonds is 11. The van der Waals surface area contributed by atoms with E-state index in [0.29, 0.717) is 38.7 Å². The van der Waals surface area contributed by atoms with Crippen molar-refractivity contribution in [3.63, 3.8) is 0 Å². The maximum atomic E-state index is 11.7. The number of nitrogens with zero attached hydrogens (tertiary/aromatic N) is 4. The van der Waals surface area contributed by atoms with Crippen LogP contribution in [0.2, 0.25) is 6.32 Å². The minimum atomic E-state index is -1.18. The predicted octanol–water partition coefficient (Wildman–Crippen LogP) is -0.738. The summed E-state index contributed by atoms with van der Waals surface area (Å²) in [6.07, 6.45) is 4.91. The second-order valence-corrected chi connectivity index (χ2v) is 7.82. The van der Waals surface area contributed by atoms with Crippen LogP contribution in [0.1, 0.15) is 18.5 Å². The third-order valence-corrected chi connectivity index (χ3v) is 5.51. The summed E-state index contributed by atoms with van der Waals surface area (Å²) in [5.74, 6) is -1.40. The average Bonchev–Trinajstić information content (AvgIpc) is 3.14. The summed E-state index contributed by atoms with van der Waals surface area (Å²) in [5.41, 5.74) is 0.686. The first-order chi connectivity index (χ1) is 14.9. The van der Waals surface area contributed by atoms with E-state index in [0.717, 1.165) is 5.69 Å². The van der Waals surface area contributed by atoms with E-state index in [1.54, 1.807) is 21.9 Å². The zero-order valence-electron chi connectivity index (χ0n) is 17.3. The largest absolute Gasteiger partial charge is 0.495 e. The molecule has 2 fully saturated rings. The summed E-state index contributed by atoms with van der Waals surface area (Å²) in [6.45, 7) is 4.90. The maximum absolute atomic E-state index is 11.7. The van der Waals surface area contributed by atoms with Gasteiger partial charge in [-0.2, -0.15) is 0 Å². The average molecular weight is 436 g/mol. The Bertz CT molecular complexity index is 783. The predicted molar refractivity (Wildman–Crippen MR) is 110 cm³/mol. The van der Waals surface area contributed by atoms with Gasteiger partial charge < -0.3 is 29.7 Å². The van der Waals surface area contributed by atoms with E-state index in [1.165, 1.54) is 6.26 Å². The van der Waals surface area contributed by atoms with Crippen molar-refractivity contribution in [2.45, 2.75) is 50.6 Å². The Morgan fingerprint density at radius 3 is 2.94 bits per heavy atom. The Morgan fingerprint density at radius 1 is 1.48 bits per heavy atom. The molecule has 0 bridgehead atoms. The van der Waals surface area contributed by atoms with Gasteiger partial charge in [0.25, 0.3) is 0 Å². The van der Waals surface area contributed by atoms with E-state index in [2.05, 4.69) is 16.9 Å². The monoisotopic (exact) mass is 436 g/mol. The van der Waals surface area contributed by atoms with Gasteiger partial charge in [-0.1, -0.05) is 11.3 Å². The molecule has 3 atom stereocenters. The number of ether oxygens (including phenoxy) is 1. The minimum Gasteiger partial charge on any atom is -0.495 e. The number of hydrogen-bond acceptors (Lipinski definition) is 9. The van der Waals surface area contributed by atoms with Crippen molar-refractivity contribution in [2.75, 3.05) is 19.7 Å². The highest BCUT2D eigenvalue weighted by Gasteiger charge is 2.38. The van der Waals surface area contributed by atoms with Crippen LogP contribution in [0.15, 0.2) is 30.7 Å². The number of aliphatic hydroxyl groups excluding tert-OH is 2. The molecule has 0 amide bonds. The van der Waals surface area contributed by atoms with Crippen molar-refractivity contribution in [3.8, 4) is 0 Å². The zero-order valence-corrected chi connectivity index (χ0v) is 17.3. The van der Waals surface area contributed by atoms with E-state index in [-0.39, 0.29) is 30.7 Å². The van der Waals surface area contributed by atoms with Crippen LogP contribution in [0.4, 0.5) is 0 Å². The molecule has 31 heavy (non-hydrogen) atoms. The molecule has 0 radical (unpaired) electrons. The first-order valence-electron chi connectivity index (χ1n) is 10.4. The lowest BCUT2D eigenvalue weighted by atomic mass is 9.73. The van der Waals surface area contributed by atoms with Gasteiger partial charge in [-0.3, -0.25) is 4.90 Å². The number of aryl methyl sites for hydroxylation is 1. The highest BCUT2D eigenvalue weighted by atomic mass is 16.5. The number of aromatic nitrogens is 3. The van der Waals surface area contributed by atoms with Crippen molar-refractivity contribution in [1.82, 2.24) is 19.9 Å². The molecule has 12 heteroatoms. The lowest BCUT2D eigenvalue weighted by Crippen LogP contribution is -2.57. The first kappa shape index (κ1) is 23.4. The van der Waals surface area contributed by atoms with Gasteiger partial charge >= 0.3 is 13.1 Å². The van der Waals surface area contributed by atoms with E-state index in [9.17, 15) is 20.0 Å². The maximum Gasteiger partial charge on any atom is 0.454 e. The summed E-state index contributed by atoms with van der Waals surface area (Å²) in [6, 6.07) is 0. The van der Waals surface area contributed by atoms with Gasteiger partial charge in [-0.15, -0.1) is 11.7 Å². The number of aliphatic carboxylic acids is 1. The highest BCUT2D eigenvalue weighted by Crippen LogP contribution is 2.29. The van der Waals surface area contributed by atoms with Crippen molar-refractivity contribution >= 4 is 13.1 Å². The van der Waals surface area contributed by atoms with E-state index in [4.69, 9.17) is 14.5 Å². The van der Waals surface area contributed by atoms with E-state index >= 15 is 0 Å². The third kappa shape index (κ3) is 6.14. The standard InChI is InChI=1S/C19H29BN4O7/c1-2-13-5-6-20(29)31-18(13)16(19(27)28)12-30-15-9-23(10-15)17(26)11-24-8-14(21-22-24)4-3-7-25/h2,8,12-13,15,17-18,25-26,29H,1,3-7,9-11H2,(H,27,28)/b16-12-. The SMILES string of the molecule is C=CC1CCB(O)OC1/C(=C/OC1CN(C(O)Cn2cc(CCCO)nn2)C1)C(=O)O. The van der Waals surface area contributed by atoms with E-state index < -0.39 is 25.4 Å². The number of carboxylic acids is 1. The van der Waals surface area contributed by atoms with Crippen LogP contribution >= 0.6 is 0 Å². The van der Waals surface area contributed by atoms with Gasteiger partial charge in [0.1, 0.15) is 12.3 Å². The Morgan fingerprint density at radius 2 is 2.26 bits per heavy atom. The van der Waals surface area contributed by atoms with Gasteiger partial charge in [0, 0.05) is 31.8 Å². The van der Waals surface area contributed by atoms with Crippen LogP contribution in [0.25, 0.3) is 0 Å². The fourth-order valence-corrected chi connectivity index (χ4v) is 3.66. The molecule has 2 aliphatic heterocycles. The second-order valence-electron chi connectivity index (χ2n) is 7.82. The molecule has 3 unspecified atom stereocenters. The van der Waals surface area contributed by atoms with Crippen molar-refractivity contribution in [3.05, 3.63) is 36.4 Å². The molecule has 170 valence electrons. The number of carboxylic acid groups (broad SMARTS) is 1. The van der Waals surface area contributed by atoms with Gasteiger partial charge in [0.05, 0.1) is 30.2 Å². The molecule has 0 saturated carbocycles. The molecule has 0 aliphatic carbocycles. The van der Waals surface area contributed by atoms with E-state index in [1.807, 2.05) is 0 Å². The lowest BCUT2D eigenvalue weighted by molar-refractivity contribution is -0.135. The van der Waals surface area contributed by atoms with Crippen LogP contribution in [-0.4, -0.2) is 91.5 Å². The molecular formula is C19H29BN4O7. The van der Waals surface area contributed by atoms with Gasteiger partial charge in [-0.05, 0) is 25.6 Å². The molecule has 4 N–H and O–H groups in total. The second kappa shape index (κ2) is 10.9. The van der Waals surface area contributed by atoms with Crippen molar-refractivity contribution in [2.24, 2.45) is 5.92 Å². The van der Waals surface area contributed by atoms with Crippen molar-refractivity contribution in [1.29, 1.82) is 0 Å². The fraction of sp³-hybridized carbons (Fsp3) is 0.632. The molecule has 2 aliphatic rings. The quantitative estimate of drug-likeness (QED) is 0.151. The Balaban J connectivity index is 1.49. The fourth-order valence-electron chi connectivity index (χ4n) is 3.66. The van der Waals surface area contributed by atoms with Gasteiger partial charge in [0.2, 0.25) is 0 Å². The Labute approximate surface area is 180 Å². The molecule has 1 aromatic heterocycles. The molecule has 3 heterocycles. The molecular weight excluding hydrogens is 407 g/mol. The first-order valence-corrected chi connectivity index (χ1v) is 10.4.